The molecule has 3 unspecified atom stereocenters. The van der Waals surface area contributed by atoms with Gasteiger partial charge in [-0.15, -0.1) is 0 Å². The van der Waals surface area contributed by atoms with Crippen LogP contribution in [0.1, 0.15) is 105 Å². The first-order valence-electron chi connectivity index (χ1n) is 24.7. The van der Waals surface area contributed by atoms with Gasteiger partial charge in [0.15, 0.2) is 0 Å². The molecule has 0 spiro atoms. The summed E-state index contributed by atoms with van der Waals surface area (Å²) in [7, 11) is 2.12. The van der Waals surface area contributed by atoms with Crippen LogP contribution in [0.4, 0.5) is 0 Å². The molecule has 0 saturated carbocycles. The van der Waals surface area contributed by atoms with Crippen LogP contribution in [0.3, 0.4) is 0 Å². The number of aliphatic hydroxyl groups excluding tert-OH is 6. The fourth-order valence-electron chi connectivity index (χ4n) is 10.4. The summed E-state index contributed by atoms with van der Waals surface area (Å²) in [6.45, 7) is 3.58. The molecule has 14 heteroatoms. The predicted octanol–water partition coefficient (Wildman–Crippen LogP) is 5.84. The average molecular weight is 984 g/mol. The third-order valence-electron chi connectivity index (χ3n) is 14.4. The Kier molecular flexibility index (Phi) is 18.9. The van der Waals surface area contributed by atoms with Gasteiger partial charge in [0.05, 0.1) is 45.7 Å². The standard InChI is InChI=1S/C21H23NO5.C19H23NO3.C18H23NO3/c1-14(26)27-21-10-15(2-4-18(21)12-24)9-20-19-5-3-16(11-23)8-17(19)6-7-22(20)13-25;1-20-7-6-15-8-14(11-21)3-5-17(15)18(20)9-13-2-4-16(12-22)19(23)10-13;20-10-13-2-4-16-14(7-13)5-6-19-17(16)8-12-1-3-15(11-21)18(22)9-12/h2-5,8,10,13,20,23-24H,6-7,9,11-12H2,1H3;2-5,8,10,18,21-23H,6-7,9,11-12H2,1H3;1-3,9,17,19-22H,4-8,10-11H2. The number of nitrogens with zero attached hydrogens (tertiary/aromatic N) is 2. The lowest BCUT2D eigenvalue weighted by Gasteiger charge is -2.35. The molecule has 9 rings (SSSR count). The first-order valence-corrected chi connectivity index (χ1v) is 24.7. The van der Waals surface area contributed by atoms with Crippen molar-refractivity contribution in [2.45, 2.75) is 109 Å². The second-order valence-electron chi connectivity index (χ2n) is 19.1. The molecular formula is C58H69N3O11. The van der Waals surface area contributed by atoms with E-state index in [9.17, 15) is 40.2 Å². The number of rotatable bonds is 14. The zero-order valence-electron chi connectivity index (χ0n) is 41.3. The van der Waals surface area contributed by atoms with E-state index in [4.69, 9.17) is 14.9 Å². The number of esters is 1. The van der Waals surface area contributed by atoms with Crippen molar-refractivity contribution in [2.24, 2.45) is 0 Å². The number of phenols is 2. The van der Waals surface area contributed by atoms with Crippen LogP contribution in [0, 0.1) is 0 Å². The van der Waals surface area contributed by atoms with E-state index < -0.39 is 5.97 Å². The van der Waals surface area contributed by atoms with Gasteiger partial charge in [0.25, 0.3) is 0 Å². The Morgan fingerprint density at radius 3 is 1.74 bits per heavy atom. The minimum atomic E-state index is -0.448. The number of carbonyl (C=O) groups excluding carboxylic acids is 2. The number of amides is 1. The van der Waals surface area contributed by atoms with Crippen molar-refractivity contribution in [1.29, 1.82) is 0 Å². The van der Waals surface area contributed by atoms with Gasteiger partial charge in [-0.2, -0.15) is 0 Å². The van der Waals surface area contributed by atoms with Gasteiger partial charge < -0.3 is 55.8 Å². The van der Waals surface area contributed by atoms with Crippen LogP contribution in [-0.2, 0) is 74.7 Å². The zero-order valence-corrected chi connectivity index (χ0v) is 41.3. The predicted molar refractivity (Wildman–Crippen MR) is 274 cm³/mol. The lowest BCUT2D eigenvalue weighted by Crippen LogP contribution is -2.39. The lowest BCUT2D eigenvalue weighted by atomic mass is 9.82. The summed E-state index contributed by atoms with van der Waals surface area (Å²) in [5.41, 5.74) is 15.3. The van der Waals surface area contributed by atoms with E-state index in [1.54, 1.807) is 41.3 Å². The number of carbonyl (C=O) groups is 2. The van der Waals surface area contributed by atoms with Crippen LogP contribution in [0.15, 0.2) is 114 Å². The van der Waals surface area contributed by atoms with Gasteiger partial charge >= 0.3 is 5.97 Å². The summed E-state index contributed by atoms with van der Waals surface area (Å²) < 4.78 is 5.21. The van der Waals surface area contributed by atoms with E-state index in [0.717, 1.165) is 109 Å². The Hall–Kier alpha value is -6.20. The molecule has 4 aliphatic rings. The number of aliphatic hydroxyl groups is 6. The van der Waals surface area contributed by atoms with Crippen molar-refractivity contribution in [3.8, 4) is 17.2 Å². The van der Waals surface area contributed by atoms with E-state index in [0.29, 0.717) is 41.4 Å². The monoisotopic (exact) mass is 983 g/mol. The van der Waals surface area contributed by atoms with Crippen LogP contribution in [0.25, 0.3) is 0 Å². The van der Waals surface area contributed by atoms with E-state index in [2.05, 4.69) is 35.5 Å². The molecule has 382 valence electrons. The maximum atomic E-state index is 11.6. The number of hydrogen-bond acceptors (Lipinski definition) is 13. The first kappa shape index (κ1) is 53.6. The topological polar surface area (TPSA) is 224 Å². The highest BCUT2D eigenvalue weighted by atomic mass is 16.5. The zero-order chi connectivity index (χ0) is 51.3. The van der Waals surface area contributed by atoms with E-state index in [1.807, 2.05) is 42.5 Å². The quantitative estimate of drug-likeness (QED) is 0.0277. The summed E-state index contributed by atoms with van der Waals surface area (Å²) in [5.74, 6) is 0.207. The van der Waals surface area contributed by atoms with Crippen LogP contribution in [0.5, 0.6) is 17.2 Å². The number of likely N-dealkylation sites (N-methyl/N-ethyl adjacent to an activating group) is 1. The number of nitrogens with one attached hydrogen (secondary N) is 1. The first-order chi connectivity index (χ1) is 34.9. The molecular weight excluding hydrogens is 915 g/mol. The summed E-state index contributed by atoms with van der Waals surface area (Å²) in [6.07, 6.45) is 9.81. The third kappa shape index (κ3) is 13.3. The Morgan fingerprint density at radius 1 is 0.639 bits per heavy atom. The number of aromatic hydroxyl groups is 2. The Bertz CT molecular complexity index is 2750. The van der Waals surface area contributed by atoms with Crippen LogP contribution in [-0.4, -0.2) is 102 Å². The van der Waals surface area contributed by atoms with Gasteiger partial charge in [0.1, 0.15) is 17.2 Å². The molecule has 5 aromatic rings. The smallest absolute Gasteiger partial charge is 0.308 e. The van der Waals surface area contributed by atoms with Crippen molar-refractivity contribution in [3.63, 3.8) is 0 Å². The highest BCUT2D eigenvalue weighted by Crippen LogP contribution is 2.36. The summed E-state index contributed by atoms with van der Waals surface area (Å²) in [5, 5.41) is 79.1. The van der Waals surface area contributed by atoms with Crippen LogP contribution >= 0.6 is 0 Å². The third-order valence-corrected chi connectivity index (χ3v) is 14.4. The second-order valence-corrected chi connectivity index (χ2v) is 19.1. The van der Waals surface area contributed by atoms with E-state index in [-0.39, 0.29) is 63.2 Å². The SMILES string of the molecule is CC(=O)Oc1cc(CC2c3ccc(CO)cc3CCN2C=O)ccc1CO.CN1CCc2cc(CO)ccc2C1Cc1ccc(CO)c(O)c1.OCC1=CCC2=C(CCNC2Cc2ccc(CO)c(O)c2)C1. The Balaban J connectivity index is 0.000000159. The molecule has 0 radical (unpaired) electrons. The van der Waals surface area contributed by atoms with E-state index >= 15 is 0 Å². The number of allylic oxidation sites excluding steroid dienone is 1. The molecule has 0 fully saturated rings. The normalized spacial score (nSPS) is 18.3. The molecule has 0 saturated heterocycles. The summed E-state index contributed by atoms with van der Waals surface area (Å²) in [4.78, 5) is 27.0. The van der Waals surface area contributed by atoms with Gasteiger partial charge in [0, 0.05) is 48.8 Å². The highest BCUT2D eigenvalue weighted by molar-refractivity contribution is 5.70. The van der Waals surface area contributed by atoms with Crippen molar-refractivity contribution in [2.75, 3.05) is 33.3 Å². The molecule has 9 N–H and O–H groups in total. The van der Waals surface area contributed by atoms with Gasteiger partial charge in [0.2, 0.25) is 6.41 Å². The molecule has 1 aliphatic carbocycles. The van der Waals surface area contributed by atoms with Crippen molar-refractivity contribution >= 4 is 12.4 Å². The minimum absolute atomic E-state index is 0.0102. The number of benzene rings is 5. The van der Waals surface area contributed by atoms with Gasteiger partial charge in [-0.3, -0.25) is 14.5 Å². The number of hydrogen-bond donors (Lipinski definition) is 9. The maximum Gasteiger partial charge on any atom is 0.308 e. The fraction of sp³-hybridized carbons (Fsp3) is 0.379. The Morgan fingerprint density at radius 2 is 1.18 bits per heavy atom. The van der Waals surface area contributed by atoms with E-state index in [1.165, 1.54) is 29.2 Å². The largest absolute Gasteiger partial charge is 0.508 e. The van der Waals surface area contributed by atoms with Crippen molar-refractivity contribution < 1.29 is 55.2 Å². The fourth-order valence-corrected chi connectivity index (χ4v) is 10.4. The molecule has 3 atom stereocenters. The number of fused-ring (bicyclic) bond motifs is 2. The molecule has 72 heavy (non-hydrogen) atoms. The highest BCUT2D eigenvalue weighted by Gasteiger charge is 2.29. The van der Waals surface area contributed by atoms with Gasteiger partial charge in [-0.1, -0.05) is 84.4 Å². The van der Waals surface area contributed by atoms with Gasteiger partial charge in [-0.05, 0) is 144 Å². The van der Waals surface area contributed by atoms with Crippen molar-refractivity contribution in [3.05, 3.63) is 181 Å². The van der Waals surface area contributed by atoms with Crippen LogP contribution < -0.4 is 10.1 Å². The Labute approximate surface area is 421 Å². The molecule has 0 aromatic heterocycles. The summed E-state index contributed by atoms with van der Waals surface area (Å²) >= 11 is 0. The molecule has 3 aliphatic heterocycles. The lowest BCUT2D eigenvalue weighted by molar-refractivity contribution is -0.132. The molecule has 3 heterocycles. The number of ether oxygens (including phenoxy) is 1. The van der Waals surface area contributed by atoms with Crippen LogP contribution in [0.2, 0.25) is 0 Å². The minimum Gasteiger partial charge on any atom is -0.508 e. The van der Waals surface area contributed by atoms with Crippen molar-refractivity contribution in [1.82, 2.24) is 15.1 Å². The summed E-state index contributed by atoms with van der Waals surface area (Å²) in [6, 6.07) is 28.8. The molecule has 14 nitrogen and oxygen atoms in total. The average Bonchev–Trinajstić information content (AvgIpc) is 3.39. The molecule has 0 bridgehead atoms. The molecule has 1 amide bonds. The molecule has 5 aromatic carbocycles. The maximum absolute atomic E-state index is 11.6. The second kappa shape index (κ2) is 25.5. The van der Waals surface area contributed by atoms with Gasteiger partial charge in [-0.25, -0.2) is 0 Å².